The van der Waals surface area contributed by atoms with Gasteiger partial charge in [-0.25, -0.2) is 0 Å². The van der Waals surface area contributed by atoms with Crippen molar-refractivity contribution in [3.8, 4) is 17.6 Å². The molecule has 0 bridgehead atoms. The zero-order chi connectivity index (χ0) is 14.8. The number of nitriles is 1. The molecular weight excluding hydrogens is 320 g/mol. The summed E-state index contributed by atoms with van der Waals surface area (Å²) in [5.41, 5.74) is 1.14. The van der Waals surface area contributed by atoms with Crippen LogP contribution in [0.1, 0.15) is 31.7 Å². The number of hydrogen-bond donors (Lipinski definition) is 1. The minimum Gasteiger partial charge on any atom is -0.490 e. The van der Waals surface area contributed by atoms with Gasteiger partial charge in [0.05, 0.1) is 23.8 Å². The number of benzene rings is 1. The third-order valence-electron chi connectivity index (χ3n) is 2.68. The molecule has 0 aliphatic heterocycles. The fourth-order valence-electron chi connectivity index (χ4n) is 1.81. The van der Waals surface area contributed by atoms with Crippen molar-refractivity contribution in [2.45, 2.75) is 32.7 Å². The molecule has 5 heteroatoms. The van der Waals surface area contributed by atoms with Gasteiger partial charge in [-0.3, -0.25) is 0 Å². The first kappa shape index (κ1) is 16.8. The summed E-state index contributed by atoms with van der Waals surface area (Å²) < 4.78 is 12.3. The van der Waals surface area contributed by atoms with Crippen molar-refractivity contribution in [2.75, 3.05) is 20.3 Å². The molecule has 0 fully saturated rings. The number of nitrogens with zero attached hydrogens (tertiary/aromatic N) is 1. The lowest BCUT2D eigenvalue weighted by Gasteiger charge is -2.15. The van der Waals surface area contributed by atoms with Gasteiger partial charge in [-0.05, 0) is 60.4 Å². The molecule has 0 atom stereocenters. The van der Waals surface area contributed by atoms with E-state index in [-0.39, 0.29) is 0 Å². The van der Waals surface area contributed by atoms with Crippen molar-refractivity contribution >= 4 is 15.9 Å². The van der Waals surface area contributed by atoms with Crippen LogP contribution in [-0.2, 0) is 6.54 Å². The summed E-state index contributed by atoms with van der Waals surface area (Å²) in [4.78, 5) is 0. The molecule has 1 aromatic rings. The molecule has 1 rings (SSSR count). The van der Waals surface area contributed by atoms with E-state index in [2.05, 4.69) is 27.3 Å². The fourth-order valence-corrected chi connectivity index (χ4v) is 2.41. The highest BCUT2D eigenvalue weighted by atomic mass is 79.9. The second-order valence-corrected chi connectivity index (χ2v) is 5.19. The van der Waals surface area contributed by atoms with Gasteiger partial charge in [-0.1, -0.05) is 0 Å². The average Bonchev–Trinajstić information content (AvgIpc) is 2.42. The number of rotatable bonds is 9. The van der Waals surface area contributed by atoms with Gasteiger partial charge in [0.2, 0.25) is 0 Å². The van der Waals surface area contributed by atoms with E-state index in [0.717, 1.165) is 40.9 Å². The van der Waals surface area contributed by atoms with Gasteiger partial charge in [0, 0.05) is 13.0 Å². The molecule has 0 heterocycles. The second kappa shape index (κ2) is 9.62. The van der Waals surface area contributed by atoms with E-state index >= 15 is 0 Å². The van der Waals surface area contributed by atoms with Crippen LogP contribution in [-0.4, -0.2) is 20.3 Å². The van der Waals surface area contributed by atoms with E-state index in [0.29, 0.717) is 19.6 Å². The molecule has 1 N–H and O–H groups in total. The van der Waals surface area contributed by atoms with Crippen molar-refractivity contribution in [3.05, 3.63) is 22.2 Å². The van der Waals surface area contributed by atoms with Crippen LogP contribution in [0.5, 0.6) is 11.5 Å². The Bertz CT molecular complexity index is 458. The maximum absolute atomic E-state index is 8.50. The van der Waals surface area contributed by atoms with Crippen LogP contribution in [0.2, 0.25) is 0 Å². The number of unbranched alkanes of at least 4 members (excludes halogenated alkanes) is 2. The number of halogens is 1. The van der Waals surface area contributed by atoms with Crippen LogP contribution in [0.25, 0.3) is 0 Å². The molecule has 0 unspecified atom stereocenters. The predicted octanol–water partition coefficient (Wildman–Crippen LogP) is 3.64. The van der Waals surface area contributed by atoms with Crippen LogP contribution in [0.3, 0.4) is 0 Å². The fraction of sp³-hybridized carbons (Fsp3) is 0.533. The zero-order valence-corrected chi connectivity index (χ0v) is 13.6. The predicted molar refractivity (Wildman–Crippen MR) is 83.0 cm³/mol. The summed E-state index contributed by atoms with van der Waals surface area (Å²) >= 11 is 3.54. The standard InChI is InChI=1S/C15H21BrN2O2/c1-3-19-14-10-12(11-18-2)9-13(16)15(14)20-8-6-4-5-7-17/h9-10,18H,3-6,8,11H2,1-2H3. The van der Waals surface area contributed by atoms with E-state index in [4.69, 9.17) is 14.7 Å². The summed E-state index contributed by atoms with van der Waals surface area (Å²) in [7, 11) is 1.91. The molecule has 0 spiro atoms. The first-order valence-electron chi connectivity index (χ1n) is 6.82. The molecule has 0 saturated heterocycles. The number of nitrogens with one attached hydrogen (secondary N) is 1. The van der Waals surface area contributed by atoms with Crippen molar-refractivity contribution in [1.29, 1.82) is 5.26 Å². The third-order valence-corrected chi connectivity index (χ3v) is 3.27. The molecule has 0 amide bonds. The molecule has 20 heavy (non-hydrogen) atoms. The monoisotopic (exact) mass is 340 g/mol. The van der Waals surface area contributed by atoms with Crippen LogP contribution < -0.4 is 14.8 Å². The molecule has 0 aromatic heterocycles. The Hall–Kier alpha value is -1.25. The largest absolute Gasteiger partial charge is 0.490 e. The Kier molecular flexibility index (Phi) is 8.08. The van der Waals surface area contributed by atoms with Gasteiger partial charge < -0.3 is 14.8 Å². The van der Waals surface area contributed by atoms with Crippen LogP contribution in [0.4, 0.5) is 0 Å². The van der Waals surface area contributed by atoms with Gasteiger partial charge in [0.1, 0.15) is 0 Å². The van der Waals surface area contributed by atoms with E-state index in [1.54, 1.807) is 0 Å². The first-order valence-corrected chi connectivity index (χ1v) is 7.61. The van der Waals surface area contributed by atoms with E-state index in [9.17, 15) is 0 Å². The summed E-state index contributed by atoms with van der Waals surface area (Å²) in [6.45, 7) is 3.92. The lowest BCUT2D eigenvalue weighted by atomic mass is 10.2. The Morgan fingerprint density at radius 1 is 1.30 bits per heavy atom. The van der Waals surface area contributed by atoms with E-state index < -0.39 is 0 Å². The van der Waals surface area contributed by atoms with Crippen LogP contribution >= 0.6 is 15.9 Å². The molecular formula is C15H21BrN2O2. The molecule has 0 aliphatic rings. The van der Waals surface area contributed by atoms with Gasteiger partial charge in [-0.15, -0.1) is 0 Å². The van der Waals surface area contributed by atoms with Gasteiger partial charge in [0.15, 0.2) is 11.5 Å². The maximum Gasteiger partial charge on any atom is 0.175 e. The first-order chi connectivity index (χ1) is 9.72. The Morgan fingerprint density at radius 2 is 2.10 bits per heavy atom. The third kappa shape index (κ3) is 5.40. The molecule has 0 saturated carbocycles. The van der Waals surface area contributed by atoms with Crippen molar-refractivity contribution in [1.82, 2.24) is 5.32 Å². The van der Waals surface area contributed by atoms with Gasteiger partial charge >= 0.3 is 0 Å². The van der Waals surface area contributed by atoms with Crippen LogP contribution in [0, 0.1) is 11.3 Å². The molecule has 0 aliphatic carbocycles. The summed E-state index contributed by atoms with van der Waals surface area (Å²) in [5, 5.41) is 11.6. The Labute approximate surface area is 129 Å². The van der Waals surface area contributed by atoms with E-state index in [1.165, 1.54) is 0 Å². The lowest BCUT2D eigenvalue weighted by molar-refractivity contribution is 0.270. The highest BCUT2D eigenvalue weighted by Crippen LogP contribution is 2.37. The SMILES string of the molecule is CCOc1cc(CNC)cc(Br)c1OCCCCC#N. The summed E-state index contributed by atoms with van der Waals surface area (Å²) in [5.74, 6) is 1.50. The Morgan fingerprint density at radius 3 is 2.75 bits per heavy atom. The smallest absolute Gasteiger partial charge is 0.175 e. The topological polar surface area (TPSA) is 54.3 Å². The zero-order valence-electron chi connectivity index (χ0n) is 12.0. The summed E-state index contributed by atoms with van der Waals surface area (Å²) in [6.07, 6.45) is 2.30. The number of ether oxygens (including phenoxy) is 2. The molecule has 4 nitrogen and oxygen atoms in total. The lowest BCUT2D eigenvalue weighted by Crippen LogP contribution is -2.07. The molecule has 110 valence electrons. The highest BCUT2D eigenvalue weighted by Gasteiger charge is 2.12. The Balaban J connectivity index is 2.74. The maximum atomic E-state index is 8.50. The second-order valence-electron chi connectivity index (χ2n) is 4.33. The highest BCUT2D eigenvalue weighted by molar-refractivity contribution is 9.10. The van der Waals surface area contributed by atoms with Gasteiger partial charge in [0.25, 0.3) is 0 Å². The average molecular weight is 341 g/mol. The number of hydrogen-bond acceptors (Lipinski definition) is 4. The van der Waals surface area contributed by atoms with Crippen molar-refractivity contribution < 1.29 is 9.47 Å². The van der Waals surface area contributed by atoms with Crippen molar-refractivity contribution in [3.63, 3.8) is 0 Å². The minimum atomic E-state index is 0.573. The quantitative estimate of drug-likeness (QED) is 0.697. The van der Waals surface area contributed by atoms with Crippen molar-refractivity contribution in [2.24, 2.45) is 0 Å². The van der Waals surface area contributed by atoms with Crippen LogP contribution in [0.15, 0.2) is 16.6 Å². The van der Waals surface area contributed by atoms with Gasteiger partial charge in [-0.2, -0.15) is 5.26 Å². The summed E-state index contributed by atoms with van der Waals surface area (Å²) in [6, 6.07) is 6.16. The molecule has 1 aromatic carbocycles. The minimum absolute atomic E-state index is 0.573. The normalized spacial score (nSPS) is 10.1. The molecule has 0 radical (unpaired) electrons. The van der Waals surface area contributed by atoms with E-state index in [1.807, 2.05) is 26.1 Å².